The van der Waals surface area contributed by atoms with Gasteiger partial charge in [-0.1, -0.05) is 146 Å². The minimum atomic E-state index is 0.591. The molecule has 0 unspecified atom stereocenters. The summed E-state index contributed by atoms with van der Waals surface area (Å²) in [5, 5.41) is 11.5. The summed E-state index contributed by atoms with van der Waals surface area (Å²) in [6.45, 7) is 0. The molecule has 0 aliphatic rings. The van der Waals surface area contributed by atoms with Gasteiger partial charge in [0.2, 0.25) is 0 Å². The Labute approximate surface area is 320 Å². The number of hydrogen-bond acceptors (Lipinski definition) is 4. The van der Waals surface area contributed by atoms with Gasteiger partial charge in [0.25, 0.3) is 0 Å². The highest BCUT2D eigenvalue weighted by Gasteiger charge is 2.22. The number of hydrogen-bond donors (Lipinski definition) is 0. The van der Waals surface area contributed by atoms with Gasteiger partial charge in [0.15, 0.2) is 23.1 Å². The number of para-hydroxylation sites is 2. The molecule has 5 heteroatoms. The van der Waals surface area contributed by atoms with Gasteiger partial charge in [0.1, 0.15) is 5.58 Å². The molecule has 0 spiro atoms. The van der Waals surface area contributed by atoms with Gasteiger partial charge in [-0.2, -0.15) is 0 Å². The quantitative estimate of drug-likeness (QED) is 0.182. The summed E-state index contributed by atoms with van der Waals surface area (Å²) in [5.41, 5.74) is 7.58. The summed E-state index contributed by atoms with van der Waals surface area (Å²) >= 11 is 0. The van der Waals surface area contributed by atoms with E-state index in [1.807, 2.05) is 12.1 Å². The van der Waals surface area contributed by atoms with Gasteiger partial charge in [-0.05, 0) is 68.7 Å². The van der Waals surface area contributed by atoms with Crippen molar-refractivity contribution < 1.29 is 4.42 Å². The van der Waals surface area contributed by atoms with Crippen LogP contribution in [0.15, 0.2) is 186 Å². The van der Waals surface area contributed by atoms with E-state index in [2.05, 4.69) is 174 Å². The van der Waals surface area contributed by atoms with E-state index in [9.17, 15) is 0 Å². The van der Waals surface area contributed by atoms with Gasteiger partial charge in [0, 0.05) is 38.2 Å². The van der Waals surface area contributed by atoms with Crippen molar-refractivity contribution in [1.82, 2.24) is 19.5 Å². The van der Waals surface area contributed by atoms with Crippen LogP contribution in [0.25, 0.3) is 116 Å². The maximum Gasteiger partial charge on any atom is 0.164 e. The molecule has 0 radical (unpaired) electrons. The van der Waals surface area contributed by atoms with Crippen molar-refractivity contribution in [2.24, 2.45) is 0 Å². The molecular formula is C51H30N4O. The fraction of sp³-hybridized carbons (Fsp3) is 0. The molecule has 0 saturated heterocycles. The van der Waals surface area contributed by atoms with Crippen molar-refractivity contribution in [2.45, 2.75) is 0 Å². The number of fused-ring (bicyclic) bond motifs is 10. The molecule has 0 bridgehead atoms. The highest BCUT2D eigenvalue weighted by molar-refractivity contribution is 6.22. The molecule has 3 heterocycles. The van der Waals surface area contributed by atoms with Crippen LogP contribution >= 0.6 is 0 Å². The Morgan fingerprint density at radius 1 is 0.375 bits per heavy atom. The Morgan fingerprint density at radius 2 is 0.946 bits per heavy atom. The average molecular weight is 715 g/mol. The van der Waals surface area contributed by atoms with Crippen LogP contribution in [0.3, 0.4) is 0 Å². The highest BCUT2D eigenvalue weighted by atomic mass is 16.3. The maximum absolute atomic E-state index is 6.89. The molecule has 9 aromatic carbocycles. The van der Waals surface area contributed by atoms with Gasteiger partial charge in [-0.25, -0.2) is 15.0 Å². The number of furan rings is 1. The van der Waals surface area contributed by atoms with E-state index in [-0.39, 0.29) is 0 Å². The first-order valence-corrected chi connectivity index (χ1v) is 18.9. The minimum Gasteiger partial charge on any atom is -0.454 e. The molecule has 5 nitrogen and oxygen atoms in total. The van der Waals surface area contributed by atoms with Crippen LogP contribution in [0.1, 0.15) is 0 Å². The van der Waals surface area contributed by atoms with E-state index < -0.39 is 0 Å². The second-order valence-corrected chi connectivity index (χ2v) is 14.4. The number of nitrogens with zero attached hydrogens (tertiary/aromatic N) is 4. The highest BCUT2D eigenvalue weighted by Crippen LogP contribution is 2.42. The monoisotopic (exact) mass is 714 g/mol. The van der Waals surface area contributed by atoms with E-state index in [1.54, 1.807) is 0 Å². The normalized spacial score (nSPS) is 11.9. The lowest BCUT2D eigenvalue weighted by atomic mass is 10.0. The third kappa shape index (κ3) is 4.64. The van der Waals surface area contributed by atoms with Crippen molar-refractivity contribution in [3.63, 3.8) is 0 Å². The van der Waals surface area contributed by atoms with E-state index >= 15 is 0 Å². The number of rotatable bonds is 4. The Balaban J connectivity index is 1.11. The summed E-state index contributed by atoms with van der Waals surface area (Å²) < 4.78 is 9.24. The second-order valence-electron chi connectivity index (χ2n) is 14.4. The van der Waals surface area contributed by atoms with Crippen LogP contribution in [0.2, 0.25) is 0 Å². The predicted octanol–water partition coefficient (Wildman–Crippen LogP) is 13.3. The lowest BCUT2D eigenvalue weighted by Gasteiger charge is -2.11. The molecular weight excluding hydrogens is 685 g/mol. The van der Waals surface area contributed by atoms with Crippen molar-refractivity contribution in [2.75, 3.05) is 0 Å². The summed E-state index contributed by atoms with van der Waals surface area (Å²) in [4.78, 5) is 15.6. The minimum absolute atomic E-state index is 0.591. The van der Waals surface area contributed by atoms with Crippen molar-refractivity contribution in [1.29, 1.82) is 0 Å². The van der Waals surface area contributed by atoms with Crippen molar-refractivity contribution in [3.05, 3.63) is 182 Å². The summed E-state index contributed by atoms with van der Waals surface area (Å²) in [6, 6.07) is 63.8. The van der Waals surface area contributed by atoms with Crippen LogP contribution in [-0.2, 0) is 0 Å². The first kappa shape index (κ1) is 30.8. The van der Waals surface area contributed by atoms with Crippen molar-refractivity contribution in [3.8, 4) is 39.9 Å². The van der Waals surface area contributed by atoms with Crippen LogP contribution in [-0.4, -0.2) is 19.5 Å². The molecule has 0 aliphatic carbocycles. The van der Waals surface area contributed by atoms with E-state index in [0.717, 1.165) is 66.1 Å². The smallest absolute Gasteiger partial charge is 0.164 e. The zero-order valence-electron chi connectivity index (χ0n) is 30.0. The SMILES string of the molecule is c1ccc2cc(-c3nc(-c4ccc5ccccc5c4)nc(-c4cccc5oc6c(-n7c8ccccc8c8c9ccccc9ccc87)cccc6c45)n3)ccc2c1. The molecule has 0 fully saturated rings. The third-order valence-corrected chi connectivity index (χ3v) is 11.2. The largest absolute Gasteiger partial charge is 0.454 e. The lowest BCUT2D eigenvalue weighted by molar-refractivity contribution is 0.666. The topological polar surface area (TPSA) is 56.7 Å². The van der Waals surface area contributed by atoms with Gasteiger partial charge in [-0.15, -0.1) is 0 Å². The number of benzene rings is 9. The third-order valence-electron chi connectivity index (χ3n) is 11.2. The van der Waals surface area contributed by atoms with Crippen molar-refractivity contribution >= 4 is 76.1 Å². The Bertz CT molecular complexity index is 3460. The van der Waals surface area contributed by atoms with E-state index in [0.29, 0.717) is 17.5 Å². The first-order valence-electron chi connectivity index (χ1n) is 18.9. The average Bonchev–Trinajstić information content (AvgIpc) is 3.82. The van der Waals surface area contributed by atoms with Crippen LogP contribution in [0, 0.1) is 0 Å². The van der Waals surface area contributed by atoms with Gasteiger partial charge in [-0.3, -0.25) is 0 Å². The van der Waals surface area contributed by atoms with Gasteiger partial charge < -0.3 is 8.98 Å². The van der Waals surface area contributed by atoms with E-state index in [4.69, 9.17) is 19.4 Å². The molecule has 0 N–H and O–H groups in total. The Hall–Kier alpha value is -7.63. The lowest BCUT2D eigenvalue weighted by Crippen LogP contribution is -2.00. The Morgan fingerprint density at radius 3 is 1.68 bits per heavy atom. The van der Waals surface area contributed by atoms with Crippen LogP contribution in [0.5, 0.6) is 0 Å². The summed E-state index contributed by atoms with van der Waals surface area (Å²) in [7, 11) is 0. The first-order chi connectivity index (χ1) is 27.7. The standard InChI is InChI=1S/C51H30N4O/c1-3-14-34-29-36(25-23-31(34)11-1)49-52-50(37-26-24-32-12-2-4-15-35(32)30-37)54-51(53-49)41-19-10-22-45-47(41)40-18-9-21-44(48(40)56-45)55-42-20-8-7-17-39(42)46-38-16-6-5-13-33(38)27-28-43(46)55/h1-30H. The molecule has 3 aromatic heterocycles. The molecule has 12 rings (SSSR count). The zero-order valence-corrected chi connectivity index (χ0v) is 30.0. The zero-order chi connectivity index (χ0) is 36.7. The fourth-order valence-corrected chi connectivity index (χ4v) is 8.61. The molecule has 0 atom stereocenters. The molecule has 0 aliphatic heterocycles. The second kappa shape index (κ2) is 11.9. The maximum atomic E-state index is 6.89. The summed E-state index contributed by atoms with van der Waals surface area (Å²) in [6.07, 6.45) is 0. The molecule has 56 heavy (non-hydrogen) atoms. The number of aromatic nitrogens is 4. The van der Waals surface area contributed by atoms with Crippen LogP contribution in [0.4, 0.5) is 0 Å². The molecule has 0 saturated carbocycles. The Kier molecular flexibility index (Phi) is 6.56. The molecule has 12 aromatic rings. The summed E-state index contributed by atoms with van der Waals surface area (Å²) in [5.74, 6) is 1.83. The van der Waals surface area contributed by atoms with Gasteiger partial charge in [0.05, 0.1) is 16.7 Å². The predicted molar refractivity (Wildman–Crippen MR) is 230 cm³/mol. The molecule has 260 valence electrons. The van der Waals surface area contributed by atoms with Gasteiger partial charge >= 0.3 is 0 Å². The fourth-order valence-electron chi connectivity index (χ4n) is 8.61. The molecule has 0 amide bonds. The van der Waals surface area contributed by atoms with Crippen LogP contribution < -0.4 is 0 Å². The van der Waals surface area contributed by atoms with E-state index in [1.165, 1.54) is 32.3 Å².